The molecule has 21 heavy (non-hydrogen) atoms. The molecule has 0 aromatic heterocycles. The van der Waals surface area contributed by atoms with Gasteiger partial charge in [-0.1, -0.05) is 18.2 Å². The molecule has 0 heterocycles. The summed E-state index contributed by atoms with van der Waals surface area (Å²) in [5.41, 5.74) is 0.908. The number of benzene rings is 2. The van der Waals surface area contributed by atoms with Crippen LogP contribution in [0, 0.1) is 18.6 Å². The summed E-state index contributed by atoms with van der Waals surface area (Å²) < 4.78 is 27.0. The molecule has 2 nitrogen and oxygen atoms in total. The van der Waals surface area contributed by atoms with E-state index in [2.05, 4.69) is 5.32 Å². The molecule has 5 heteroatoms. The second-order valence-corrected chi connectivity index (χ2v) is 6.03. The average Bonchev–Trinajstić information content (AvgIpc) is 2.45. The van der Waals surface area contributed by atoms with Gasteiger partial charge in [0.05, 0.1) is 5.25 Å². The second kappa shape index (κ2) is 6.72. The molecule has 0 saturated heterocycles. The number of rotatable bonds is 4. The van der Waals surface area contributed by atoms with Crippen molar-refractivity contribution in [3.63, 3.8) is 0 Å². The van der Waals surface area contributed by atoms with Crippen LogP contribution in [0.3, 0.4) is 0 Å². The smallest absolute Gasteiger partial charge is 0.237 e. The summed E-state index contributed by atoms with van der Waals surface area (Å²) in [5.74, 6) is -1.03. The topological polar surface area (TPSA) is 29.1 Å². The maximum Gasteiger partial charge on any atom is 0.237 e. The van der Waals surface area contributed by atoms with Crippen LogP contribution >= 0.6 is 11.8 Å². The van der Waals surface area contributed by atoms with Gasteiger partial charge in [-0.05, 0) is 43.7 Å². The minimum absolute atomic E-state index is 0.300. The van der Waals surface area contributed by atoms with E-state index < -0.39 is 5.25 Å². The van der Waals surface area contributed by atoms with Crippen LogP contribution in [0.1, 0.15) is 12.5 Å². The van der Waals surface area contributed by atoms with Gasteiger partial charge >= 0.3 is 0 Å². The van der Waals surface area contributed by atoms with Gasteiger partial charge in [0, 0.05) is 10.6 Å². The van der Waals surface area contributed by atoms with Crippen LogP contribution in [0.5, 0.6) is 0 Å². The van der Waals surface area contributed by atoms with Crippen LogP contribution in [0.4, 0.5) is 14.5 Å². The van der Waals surface area contributed by atoms with E-state index in [1.54, 1.807) is 44.2 Å². The van der Waals surface area contributed by atoms with Gasteiger partial charge < -0.3 is 5.32 Å². The summed E-state index contributed by atoms with van der Waals surface area (Å²) in [6.45, 7) is 3.33. The lowest BCUT2D eigenvalue weighted by Crippen LogP contribution is -2.22. The van der Waals surface area contributed by atoms with E-state index in [-0.39, 0.29) is 17.5 Å². The molecule has 0 fully saturated rings. The third kappa shape index (κ3) is 4.04. The molecule has 2 aromatic rings. The molecule has 2 aromatic carbocycles. The van der Waals surface area contributed by atoms with Gasteiger partial charge in [0.1, 0.15) is 11.6 Å². The van der Waals surface area contributed by atoms with Crippen molar-refractivity contribution in [2.75, 3.05) is 5.32 Å². The SMILES string of the molecule is Cc1ccc(NC(=O)C(C)Sc2ccccc2F)cc1F. The first-order valence-electron chi connectivity index (χ1n) is 6.45. The molecule has 110 valence electrons. The van der Waals surface area contributed by atoms with Crippen molar-refractivity contribution in [2.24, 2.45) is 0 Å². The number of nitrogens with one attached hydrogen (secondary N) is 1. The third-order valence-electron chi connectivity index (χ3n) is 2.95. The molecule has 0 aliphatic carbocycles. The Morgan fingerprint density at radius 2 is 1.86 bits per heavy atom. The summed E-state index contributed by atoms with van der Waals surface area (Å²) in [5, 5.41) is 2.13. The van der Waals surface area contributed by atoms with Crippen molar-refractivity contribution in [3.05, 3.63) is 59.7 Å². The predicted octanol–water partition coefficient (Wildman–Crippen LogP) is 4.39. The molecule has 1 amide bonds. The normalized spacial score (nSPS) is 12.0. The van der Waals surface area contributed by atoms with Crippen molar-refractivity contribution in [2.45, 2.75) is 24.0 Å². The first-order valence-corrected chi connectivity index (χ1v) is 7.33. The minimum Gasteiger partial charge on any atom is -0.325 e. The summed E-state index contributed by atoms with van der Waals surface area (Å²) in [6.07, 6.45) is 0. The molecular formula is C16H15F2NOS. The number of hydrogen-bond donors (Lipinski definition) is 1. The Balaban J connectivity index is 2.02. The zero-order valence-electron chi connectivity index (χ0n) is 11.7. The Labute approximate surface area is 126 Å². The Hall–Kier alpha value is -1.88. The number of aryl methyl sites for hydroxylation is 1. The van der Waals surface area contributed by atoms with Gasteiger partial charge in [0.2, 0.25) is 5.91 Å². The van der Waals surface area contributed by atoms with Crippen molar-refractivity contribution in [3.8, 4) is 0 Å². The zero-order chi connectivity index (χ0) is 15.4. The summed E-state index contributed by atoms with van der Waals surface area (Å²) in [6, 6.07) is 10.8. The van der Waals surface area contributed by atoms with Crippen LogP contribution in [-0.4, -0.2) is 11.2 Å². The third-order valence-corrected chi connectivity index (χ3v) is 4.10. The zero-order valence-corrected chi connectivity index (χ0v) is 12.5. The van der Waals surface area contributed by atoms with Crippen molar-refractivity contribution < 1.29 is 13.6 Å². The van der Waals surface area contributed by atoms with E-state index in [0.717, 1.165) is 11.8 Å². The quantitative estimate of drug-likeness (QED) is 0.849. The Kier molecular flexibility index (Phi) is 4.96. The number of carbonyl (C=O) groups excluding carboxylic acids is 1. The lowest BCUT2D eigenvalue weighted by molar-refractivity contribution is -0.115. The highest BCUT2D eigenvalue weighted by molar-refractivity contribution is 8.00. The van der Waals surface area contributed by atoms with Crippen LogP contribution in [0.2, 0.25) is 0 Å². The average molecular weight is 307 g/mol. The van der Waals surface area contributed by atoms with E-state index in [4.69, 9.17) is 0 Å². The predicted molar refractivity (Wildman–Crippen MR) is 81.5 cm³/mol. The summed E-state index contributed by atoms with van der Waals surface area (Å²) in [4.78, 5) is 12.5. The highest BCUT2D eigenvalue weighted by Crippen LogP contribution is 2.26. The first kappa shape index (κ1) is 15.5. The van der Waals surface area contributed by atoms with Crippen LogP contribution in [-0.2, 0) is 4.79 Å². The van der Waals surface area contributed by atoms with E-state index >= 15 is 0 Å². The van der Waals surface area contributed by atoms with Gasteiger partial charge in [0.25, 0.3) is 0 Å². The van der Waals surface area contributed by atoms with Crippen LogP contribution in [0.15, 0.2) is 47.4 Å². The molecule has 2 rings (SSSR count). The van der Waals surface area contributed by atoms with Gasteiger partial charge in [-0.15, -0.1) is 11.8 Å². The second-order valence-electron chi connectivity index (χ2n) is 4.64. The fourth-order valence-electron chi connectivity index (χ4n) is 1.70. The van der Waals surface area contributed by atoms with Gasteiger partial charge in [0.15, 0.2) is 0 Å². The minimum atomic E-state index is -0.494. The standard InChI is InChI=1S/C16H15F2NOS/c1-10-7-8-12(9-14(10)18)19-16(20)11(2)21-15-6-4-3-5-13(15)17/h3-9,11H,1-2H3,(H,19,20). The molecule has 0 spiro atoms. The number of carbonyl (C=O) groups is 1. The number of thioether (sulfide) groups is 1. The Bertz CT molecular complexity index is 660. The van der Waals surface area contributed by atoms with E-state index in [1.807, 2.05) is 0 Å². The van der Waals surface area contributed by atoms with Crippen LogP contribution < -0.4 is 5.32 Å². The van der Waals surface area contributed by atoms with Crippen molar-refractivity contribution in [1.29, 1.82) is 0 Å². The number of hydrogen-bond acceptors (Lipinski definition) is 2. The fourth-order valence-corrected chi connectivity index (χ4v) is 2.58. The Morgan fingerprint density at radius 1 is 1.14 bits per heavy atom. The summed E-state index contributed by atoms with van der Waals surface area (Å²) in [7, 11) is 0. The van der Waals surface area contributed by atoms with Crippen molar-refractivity contribution >= 4 is 23.4 Å². The monoisotopic (exact) mass is 307 g/mol. The number of amides is 1. The van der Waals surface area contributed by atoms with E-state index in [0.29, 0.717) is 16.1 Å². The van der Waals surface area contributed by atoms with Crippen LogP contribution in [0.25, 0.3) is 0 Å². The van der Waals surface area contributed by atoms with Gasteiger partial charge in [-0.3, -0.25) is 4.79 Å². The molecule has 0 radical (unpaired) electrons. The molecule has 0 aliphatic heterocycles. The van der Waals surface area contributed by atoms with E-state index in [9.17, 15) is 13.6 Å². The molecule has 0 bridgehead atoms. The Morgan fingerprint density at radius 3 is 2.52 bits per heavy atom. The molecule has 1 N–H and O–H groups in total. The molecule has 1 atom stereocenters. The fraction of sp³-hybridized carbons (Fsp3) is 0.188. The largest absolute Gasteiger partial charge is 0.325 e. The lowest BCUT2D eigenvalue weighted by atomic mass is 10.2. The molecular weight excluding hydrogens is 292 g/mol. The molecule has 0 aliphatic rings. The number of halogens is 2. The highest BCUT2D eigenvalue weighted by atomic mass is 32.2. The lowest BCUT2D eigenvalue weighted by Gasteiger charge is -2.12. The number of anilines is 1. The summed E-state index contributed by atoms with van der Waals surface area (Å²) >= 11 is 1.12. The molecule has 0 saturated carbocycles. The van der Waals surface area contributed by atoms with Crippen molar-refractivity contribution in [1.82, 2.24) is 0 Å². The van der Waals surface area contributed by atoms with Gasteiger partial charge in [-0.2, -0.15) is 0 Å². The maximum atomic E-state index is 13.5. The first-order chi connectivity index (χ1) is 9.97. The van der Waals surface area contributed by atoms with Gasteiger partial charge in [-0.25, -0.2) is 8.78 Å². The van der Waals surface area contributed by atoms with E-state index in [1.165, 1.54) is 12.1 Å². The maximum absolute atomic E-state index is 13.5. The molecule has 1 unspecified atom stereocenters. The highest BCUT2D eigenvalue weighted by Gasteiger charge is 2.16.